The monoisotopic (exact) mass is 523 g/mol. The molecule has 192 valence electrons. The summed E-state index contributed by atoms with van der Waals surface area (Å²) in [5, 5.41) is 3.40. The van der Waals surface area contributed by atoms with Crippen LogP contribution in [0, 0.1) is 0 Å². The quantitative estimate of drug-likeness (QED) is 0.230. The maximum atomic E-state index is 5.23. The predicted molar refractivity (Wildman–Crippen MR) is 170 cm³/mol. The maximum absolute atomic E-state index is 5.23. The van der Waals surface area contributed by atoms with Crippen LogP contribution in [-0.2, 0) is 0 Å². The molecule has 0 N–H and O–H groups in total. The fourth-order valence-electron chi connectivity index (χ4n) is 5.84. The Morgan fingerprint density at radius 3 is 1.41 bits per heavy atom. The zero-order chi connectivity index (χ0) is 27.2. The van der Waals surface area contributed by atoms with Gasteiger partial charge < -0.3 is 0 Å². The second-order valence-corrected chi connectivity index (χ2v) is 10.3. The lowest BCUT2D eigenvalue weighted by molar-refractivity contribution is 1.01. The molecule has 0 unspecified atom stereocenters. The van der Waals surface area contributed by atoms with Crippen molar-refractivity contribution in [2.45, 2.75) is 0 Å². The van der Waals surface area contributed by atoms with Crippen molar-refractivity contribution in [2.24, 2.45) is 0 Å². The van der Waals surface area contributed by atoms with Crippen molar-refractivity contribution in [2.75, 3.05) is 0 Å². The highest BCUT2D eigenvalue weighted by Gasteiger charge is 2.18. The lowest BCUT2D eigenvalue weighted by Gasteiger charge is -2.12. The second-order valence-electron chi connectivity index (χ2n) is 10.3. The molecule has 2 aromatic heterocycles. The van der Waals surface area contributed by atoms with Gasteiger partial charge in [-0.15, -0.1) is 0 Å². The molecule has 0 fully saturated rings. The Balaban J connectivity index is 1.44. The summed E-state index contributed by atoms with van der Waals surface area (Å²) in [7, 11) is 0. The number of aromatic nitrogens is 3. The summed E-state index contributed by atoms with van der Waals surface area (Å²) in [4.78, 5) is 10.3. The number of benzene rings is 6. The number of rotatable bonds is 4. The molecule has 0 amide bonds. The lowest BCUT2D eigenvalue weighted by Crippen LogP contribution is -2.03. The van der Waals surface area contributed by atoms with E-state index in [0.29, 0.717) is 5.95 Å². The molecule has 0 aliphatic rings. The summed E-state index contributed by atoms with van der Waals surface area (Å²) >= 11 is 0. The van der Waals surface area contributed by atoms with Gasteiger partial charge in [0.15, 0.2) is 0 Å². The molecule has 3 heteroatoms. The molecular formula is C38H25N3. The molecule has 0 saturated carbocycles. The number of hydrogen-bond donors (Lipinski definition) is 0. The van der Waals surface area contributed by atoms with Crippen LogP contribution in [0.25, 0.3) is 72.2 Å². The Morgan fingerprint density at radius 1 is 0.366 bits per heavy atom. The second kappa shape index (κ2) is 9.58. The molecular weight excluding hydrogens is 498 g/mol. The zero-order valence-electron chi connectivity index (χ0n) is 22.3. The standard InChI is InChI=1S/C38H25N3/c1-4-12-26(13-5-1)29-20-22-35-32(24-29)33-25-30(27-14-6-2-7-15-27)21-23-36(33)41(35)38-39-34-19-11-10-18-31(34)37(40-38)28-16-8-3-9-17-28/h1-25H. The molecule has 6 aromatic carbocycles. The minimum atomic E-state index is 0.669. The topological polar surface area (TPSA) is 30.7 Å². The Bertz CT molecular complexity index is 2080. The third kappa shape index (κ3) is 3.98. The van der Waals surface area contributed by atoms with Gasteiger partial charge in [-0.25, -0.2) is 9.97 Å². The SMILES string of the molecule is c1ccc(-c2ccc3c(c2)c2cc(-c4ccccc4)ccc2n3-c2nc(-c3ccccc3)c3ccccc3n2)cc1. The lowest BCUT2D eigenvalue weighted by atomic mass is 10.0. The van der Waals surface area contributed by atoms with Crippen molar-refractivity contribution in [3.05, 3.63) is 152 Å². The molecule has 0 radical (unpaired) electrons. The van der Waals surface area contributed by atoms with E-state index in [1.807, 2.05) is 12.1 Å². The summed E-state index contributed by atoms with van der Waals surface area (Å²) in [5.41, 5.74) is 9.87. The summed E-state index contributed by atoms with van der Waals surface area (Å²) in [6.45, 7) is 0. The van der Waals surface area contributed by atoms with Gasteiger partial charge in [0.05, 0.1) is 22.2 Å². The van der Waals surface area contributed by atoms with Gasteiger partial charge in [-0.1, -0.05) is 121 Å². The number of nitrogens with zero attached hydrogens (tertiary/aromatic N) is 3. The minimum absolute atomic E-state index is 0.669. The first kappa shape index (κ1) is 23.4. The van der Waals surface area contributed by atoms with Crippen molar-refractivity contribution >= 4 is 32.7 Å². The van der Waals surface area contributed by atoms with Crippen molar-refractivity contribution in [1.29, 1.82) is 0 Å². The van der Waals surface area contributed by atoms with Gasteiger partial charge in [-0.05, 0) is 52.6 Å². The van der Waals surface area contributed by atoms with Gasteiger partial charge in [0, 0.05) is 21.7 Å². The third-order valence-corrected chi connectivity index (χ3v) is 7.82. The molecule has 41 heavy (non-hydrogen) atoms. The number of para-hydroxylation sites is 1. The highest BCUT2D eigenvalue weighted by atomic mass is 15.2. The molecule has 0 bridgehead atoms. The molecule has 8 aromatic rings. The van der Waals surface area contributed by atoms with Gasteiger partial charge in [-0.2, -0.15) is 0 Å². The van der Waals surface area contributed by atoms with Crippen LogP contribution >= 0.6 is 0 Å². The van der Waals surface area contributed by atoms with Gasteiger partial charge in [0.2, 0.25) is 5.95 Å². The Hall–Kier alpha value is -5.54. The van der Waals surface area contributed by atoms with Crippen LogP contribution in [0.4, 0.5) is 0 Å². The van der Waals surface area contributed by atoms with Crippen LogP contribution in [-0.4, -0.2) is 14.5 Å². The van der Waals surface area contributed by atoms with E-state index in [9.17, 15) is 0 Å². The minimum Gasteiger partial charge on any atom is -0.278 e. The van der Waals surface area contributed by atoms with Gasteiger partial charge in [-0.3, -0.25) is 4.57 Å². The van der Waals surface area contributed by atoms with Crippen molar-refractivity contribution in [3.63, 3.8) is 0 Å². The average Bonchev–Trinajstić information content (AvgIpc) is 3.38. The highest BCUT2D eigenvalue weighted by Crippen LogP contribution is 2.37. The van der Waals surface area contributed by atoms with E-state index in [-0.39, 0.29) is 0 Å². The first-order valence-electron chi connectivity index (χ1n) is 13.9. The molecule has 3 nitrogen and oxygen atoms in total. The van der Waals surface area contributed by atoms with E-state index >= 15 is 0 Å². The van der Waals surface area contributed by atoms with Crippen LogP contribution in [0.15, 0.2) is 152 Å². The van der Waals surface area contributed by atoms with E-state index in [4.69, 9.17) is 9.97 Å². The van der Waals surface area contributed by atoms with Crippen molar-refractivity contribution < 1.29 is 0 Å². The van der Waals surface area contributed by atoms with Crippen molar-refractivity contribution in [1.82, 2.24) is 14.5 Å². The van der Waals surface area contributed by atoms with Crippen LogP contribution in [0.2, 0.25) is 0 Å². The van der Waals surface area contributed by atoms with Crippen LogP contribution < -0.4 is 0 Å². The molecule has 0 aliphatic carbocycles. The summed E-state index contributed by atoms with van der Waals surface area (Å²) in [5.74, 6) is 0.669. The Kier molecular flexibility index (Phi) is 5.46. The zero-order valence-corrected chi connectivity index (χ0v) is 22.3. The third-order valence-electron chi connectivity index (χ3n) is 7.82. The normalized spacial score (nSPS) is 11.4. The Morgan fingerprint density at radius 2 is 0.854 bits per heavy atom. The fraction of sp³-hybridized carbons (Fsp3) is 0. The van der Waals surface area contributed by atoms with Crippen LogP contribution in [0.1, 0.15) is 0 Å². The smallest absolute Gasteiger partial charge is 0.235 e. The van der Waals surface area contributed by atoms with Crippen LogP contribution in [0.5, 0.6) is 0 Å². The molecule has 2 heterocycles. The van der Waals surface area contributed by atoms with Gasteiger partial charge in [0.25, 0.3) is 0 Å². The molecule has 0 aliphatic heterocycles. The van der Waals surface area contributed by atoms with E-state index in [1.165, 1.54) is 33.0 Å². The Labute approximate surface area is 238 Å². The highest BCUT2D eigenvalue weighted by molar-refractivity contribution is 6.11. The number of hydrogen-bond acceptors (Lipinski definition) is 2. The molecule has 0 saturated heterocycles. The van der Waals surface area contributed by atoms with Gasteiger partial charge >= 0.3 is 0 Å². The van der Waals surface area contributed by atoms with E-state index < -0.39 is 0 Å². The summed E-state index contributed by atoms with van der Waals surface area (Å²) < 4.78 is 2.22. The first-order valence-corrected chi connectivity index (χ1v) is 13.9. The summed E-state index contributed by atoms with van der Waals surface area (Å²) in [6, 6.07) is 53.2. The predicted octanol–water partition coefficient (Wildman–Crippen LogP) is 9.73. The van der Waals surface area contributed by atoms with Gasteiger partial charge in [0.1, 0.15) is 0 Å². The molecule has 0 spiro atoms. The number of fused-ring (bicyclic) bond motifs is 4. The molecule has 8 rings (SSSR count). The largest absolute Gasteiger partial charge is 0.278 e. The first-order chi connectivity index (χ1) is 20.3. The van der Waals surface area contributed by atoms with E-state index in [0.717, 1.165) is 33.2 Å². The van der Waals surface area contributed by atoms with Crippen molar-refractivity contribution in [3.8, 4) is 39.5 Å². The average molecular weight is 524 g/mol. The summed E-state index contributed by atoms with van der Waals surface area (Å²) in [6.07, 6.45) is 0. The molecule has 0 atom stereocenters. The van der Waals surface area contributed by atoms with E-state index in [2.05, 4.69) is 144 Å². The maximum Gasteiger partial charge on any atom is 0.235 e. The van der Waals surface area contributed by atoms with E-state index in [1.54, 1.807) is 0 Å². The fourth-order valence-corrected chi connectivity index (χ4v) is 5.84. The van der Waals surface area contributed by atoms with Crippen LogP contribution in [0.3, 0.4) is 0 Å².